The van der Waals surface area contributed by atoms with E-state index in [0.29, 0.717) is 19.3 Å². The van der Waals surface area contributed by atoms with E-state index in [-0.39, 0.29) is 19.3 Å². The summed E-state index contributed by atoms with van der Waals surface area (Å²) in [5, 5.41) is 33.9. The van der Waals surface area contributed by atoms with Gasteiger partial charge in [-0.25, -0.2) is 0 Å². The fourth-order valence-corrected chi connectivity index (χ4v) is 8.24. The van der Waals surface area contributed by atoms with Crippen molar-refractivity contribution in [3.8, 4) is 0 Å². The van der Waals surface area contributed by atoms with Crippen LogP contribution < -0.4 is 0 Å². The first-order chi connectivity index (χ1) is 30.8. The van der Waals surface area contributed by atoms with Crippen LogP contribution in [0.5, 0.6) is 0 Å². The van der Waals surface area contributed by atoms with E-state index in [0.717, 1.165) is 122 Å². The van der Waals surface area contributed by atoms with Crippen molar-refractivity contribution in [1.29, 1.82) is 0 Å². The van der Waals surface area contributed by atoms with Crippen molar-refractivity contribution in [3.63, 3.8) is 0 Å². The Bertz CT molecular complexity index is 1170. The van der Waals surface area contributed by atoms with E-state index < -0.39 is 35.2 Å². The molecule has 3 unspecified atom stereocenters. The Morgan fingerprint density at radius 1 is 0.365 bits per heavy atom. The van der Waals surface area contributed by atoms with Crippen LogP contribution in [0.4, 0.5) is 0 Å². The van der Waals surface area contributed by atoms with Gasteiger partial charge in [-0.05, 0) is 103 Å². The molecular weight excluding hydrogens is 781 g/mol. The maximum Gasteiger partial charge on any atom is 0.210 e. The van der Waals surface area contributed by atoms with Crippen LogP contribution >= 0.6 is 0 Å². The molecule has 0 aliphatic rings. The van der Waals surface area contributed by atoms with E-state index in [1.165, 1.54) is 96.3 Å². The predicted octanol–water partition coefficient (Wildman–Crippen LogP) is 16.0. The molecule has 0 amide bonds. The number of hydrogen-bond donors (Lipinski definition) is 3. The van der Waals surface area contributed by atoms with Gasteiger partial charge in [0.2, 0.25) is 5.60 Å². The van der Waals surface area contributed by atoms with Crippen LogP contribution in [0.2, 0.25) is 0 Å². The molecule has 366 valence electrons. The maximum atomic E-state index is 13.6. The predicted molar refractivity (Wildman–Crippen MR) is 270 cm³/mol. The summed E-state index contributed by atoms with van der Waals surface area (Å²) in [5.74, 6) is -2.20. The van der Waals surface area contributed by atoms with Gasteiger partial charge in [-0.3, -0.25) is 14.4 Å². The molecule has 0 fully saturated rings. The lowest BCUT2D eigenvalue weighted by atomic mass is 9.79. The van der Waals surface area contributed by atoms with Crippen molar-refractivity contribution in [1.82, 2.24) is 0 Å². The van der Waals surface area contributed by atoms with Crippen molar-refractivity contribution in [2.75, 3.05) is 0 Å². The highest BCUT2D eigenvalue weighted by Crippen LogP contribution is 2.25. The number of carbonyl (C=O) groups is 3. The number of aliphatic hydroxyl groups is 3. The average molecular weight is 883 g/mol. The molecule has 3 atom stereocenters. The van der Waals surface area contributed by atoms with Crippen LogP contribution in [0.1, 0.15) is 278 Å². The van der Waals surface area contributed by atoms with E-state index in [9.17, 15) is 29.7 Å². The number of unbranched alkanes of at least 4 members (excludes halogenated alkanes) is 30. The van der Waals surface area contributed by atoms with Gasteiger partial charge in [-0.15, -0.1) is 0 Å². The summed E-state index contributed by atoms with van der Waals surface area (Å²) >= 11 is 0. The molecule has 6 heteroatoms. The Labute approximate surface area is 389 Å². The highest BCUT2D eigenvalue weighted by atomic mass is 16.4. The largest absolute Gasteiger partial charge is 0.386 e. The molecule has 0 bridgehead atoms. The molecule has 63 heavy (non-hydrogen) atoms. The second-order valence-electron chi connectivity index (χ2n) is 18.6. The average Bonchev–Trinajstić information content (AvgIpc) is 3.29. The zero-order chi connectivity index (χ0) is 46.3. The minimum Gasteiger partial charge on any atom is -0.386 e. The van der Waals surface area contributed by atoms with Gasteiger partial charge in [-0.1, -0.05) is 204 Å². The van der Waals surface area contributed by atoms with Crippen LogP contribution in [-0.4, -0.2) is 50.5 Å². The van der Waals surface area contributed by atoms with Crippen molar-refractivity contribution in [2.45, 2.75) is 295 Å². The number of aliphatic hydroxyl groups excluding tert-OH is 2. The van der Waals surface area contributed by atoms with Gasteiger partial charge in [0.1, 0.15) is 12.2 Å². The zero-order valence-electron chi connectivity index (χ0n) is 41.6. The molecule has 0 radical (unpaired) electrons. The minimum atomic E-state index is -2.78. The summed E-state index contributed by atoms with van der Waals surface area (Å²) in [7, 11) is 0. The van der Waals surface area contributed by atoms with Gasteiger partial charge >= 0.3 is 0 Å². The first kappa shape index (κ1) is 60.9. The number of Topliss-reactive ketones (excluding diaryl/α,β-unsaturated/α-hetero) is 3. The van der Waals surface area contributed by atoms with Crippen LogP contribution in [0.15, 0.2) is 48.6 Å². The Kier molecular flexibility index (Phi) is 44.8. The van der Waals surface area contributed by atoms with Crippen molar-refractivity contribution < 1.29 is 29.7 Å². The fraction of sp³-hybridized carbons (Fsp3) is 0.807. The van der Waals surface area contributed by atoms with E-state index in [4.69, 9.17) is 0 Å². The van der Waals surface area contributed by atoms with Crippen LogP contribution in [0, 0.1) is 0 Å². The van der Waals surface area contributed by atoms with Crippen LogP contribution in [0.3, 0.4) is 0 Å². The molecule has 0 heterocycles. The Morgan fingerprint density at radius 3 is 0.968 bits per heavy atom. The van der Waals surface area contributed by atoms with Crippen LogP contribution in [0.25, 0.3) is 0 Å². The van der Waals surface area contributed by atoms with Crippen molar-refractivity contribution >= 4 is 17.3 Å². The SMILES string of the molecule is CCCCC/C=C/C/C=C/CCCCCCCC(=O)C(O)(C(=O)CCCCCCC/C=C/CCCCCCCC)C(O)C(O)C(=O)CCCCCCC/C=C/CCCCCCCC. The van der Waals surface area contributed by atoms with E-state index in [1.54, 1.807) is 0 Å². The molecule has 0 saturated heterocycles. The first-order valence-corrected chi connectivity index (χ1v) is 27.0. The molecular formula is C57H102O6. The molecule has 0 aromatic heterocycles. The quantitative estimate of drug-likeness (QED) is 0.0319. The lowest BCUT2D eigenvalue weighted by Gasteiger charge is -2.32. The monoisotopic (exact) mass is 883 g/mol. The fourth-order valence-electron chi connectivity index (χ4n) is 8.24. The van der Waals surface area contributed by atoms with Gasteiger partial charge < -0.3 is 15.3 Å². The summed E-state index contributed by atoms with van der Waals surface area (Å²) in [6, 6.07) is 0. The molecule has 0 spiro atoms. The number of ketones is 3. The van der Waals surface area contributed by atoms with Crippen molar-refractivity contribution in [2.24, 2.45) is 0 Å². The summed E-state index contributed by atoms with van der Waals surface area (Å²) in [6.45, 7) is 6.71. The normalized spacial score (nSPS) is 14.1. The summed E-state index contributed by atoms with van der Waals surface area (Å²) in [6.07, 6.45) is 54.1. The second-order valence-corrected chi connectivity index (χ2v) is 18.6. The van der Waals surface area contributed by atoms with Gasteiger partial charge in [0.05, 0.1) is 0 Å². The highest BCUT2D eigenvalue weighted by molar-refractivity contribution is 6.11. The van der Waals surface area contributed by atoms with Crippen molar-refractivity contribution in [3.05, 3.63) is 48.6 Å². The lowest BCUT2D eigenvalue weighted by Crippen LogP contribution is -2.61. The van der Waals surface area contributed by atoms with E-state index in [2.05, 4.69) is 69.4 Å². The first-order valence-electron chi connectivity index (χ1n) is 27.0. The molecule has 6 nitrogen and oxygen atoms in total. The molecule has 0 saturated carbocycles. The second kappa shape index (κ2) is 46.4. The van der Waals surface area contributed by atoms with Gasteiger partial charge in [0.25, 0.3) is 0 Å². The van der Waals surface area contributed by atoms with Gasteiger partial charge in [0, 0.05) is 19.3 Å². The smallest absolute Gasteiger partial charge is 0.210 e. The third kappa shape index (κ3) is 35.8. The van der Waals surface area contributed by atoms with Gasteiger partial charge in [-0.2, -0.15) is 0 Å². The van der Waals surface area contributed by atoms with Crippen LogP contribution in [-0.2, 0) is 14.4 Å². The molecule has 0 aromatic rings. The maximum absolute atomic E-state index is 13.6. The Morgan fingerprint density at radius 2 is 0.619 bits per heavy atom. The van der Waals surface area contributed by atoms with E-state index >= 15 is 0 Å². The third-order valence-electron chi connectivity index (χ3n) is 12.6. The Hall–Kier alpha value is -2.15. The number of carbonyl (C=O) groups excluding carboxylic acids is 3. The van der Waals surface area contributed by atoms with E-state index in [1.807, 2.05) is 0 Å². The molecule has 0 rings (SSSR count). The summed E-state index contributed by atoms with van der Waals surface area (Å²) in [5.41, 5.74) is -2.78. The molecule has 0 aliphatic heterocycles. The highest BCUT2D eigenvalue weighted by Gasteiger charge is 2.52. The Balaban J connectivity index is 4.85. The topological polar surface area (TPSA) is 112 Å². The number of rotatable bonds is 49. The number of hydrogen-bond acceptors (Lipinski definition) is 6. The summed E-state index contributed by atoms with van der Waals surface area (Å²) in [4.78, 5) is 40.3. The molecule has 0 aromatic carbocycles. The molecule has 3 N–H and O–H groups in total. The zero-order valence-corrected chi connectivity index (χ0v) is 41.6. The third-order valence-corrected chi connectivity index (χ3v) is 12.6. The summed E-state index contributed by atoms with van der Waals surface area (Å²) < 4.78 is 0. The lowest BCUT2D eigenvalue weighted by molar-refractivity contribution is -0.174. The minimum absolute atomic E-state index is 0.0357. The standard InChI is InChI=1S/C57H102O6/c1-4-7-10-13-16-19-22-25-28-31-34-37-40-43-46-49-52(58)55(61)56(62)57(63,53(59)50-47-44-41-38-35-32-29-26-23-20-17-14-11-8-5-2)54(60)51-48-45-42-39-36-33-30-27-24-21-18-15-12-9-6-3/h17,20,25-30,55-56,61-63H,4-16,18-19,21-24,31-51H2,1-3H3/b20-17+,28-25+,29-26+,30-27+. The van der Waals surface area contributed by atoms with Gasteiger partial charge in [0.15, 0.2) is 17.3 Å². The molecule has 0 aliphatic carbocycles. The number of allylic oxidation sites excluding steroid dienone is 8.